The molecule has 0 radical (unpaired) electrons. The van der Waals surface area contributed by atoms with Crippen LogP contribution in [0.1, 0.15) is 30.1 Å². The van der Waals surface area contributed by atoms with Crippen molar-refractivity contribution in [3.05, 3.63) is 30.1 Å². The van der Waals surface area contributed by atoms with Crippen LogP contribution >= 0.6 is 11.8 Å². The molecule has 0 aliphatic rings. The number of nitrogens with zero attached hydrogens (tertiary/aromatic N) is 2. The van der Waals surface area contributed by atoms with Crippen LogP contribution < -0.4 is 10.7 Å². The lowest BCUT2D eigenvalue weighted by Gasteiger charge is -2.05. The predicted molar refractivity (Wildman–Crippen MR) is 91.5 cm³/mol. The van der Waals surface area contributed by atoms with Gasteiger partial charge in [0.2, 0.25) is 5.91 Å². The summed E-state index contributed by atoms with van der Waals surface area (Å²) in [5, 5.41) is 15.4. The van der Waals surface area contributed by atoms with Crippen LogP contribution in [0.15, 0.2) is 29.6 Å². The van der Waals surface area contributed by atoms with Crippen molar-refractivity contribution in [1.82, 2.24) is 15.7 Å². The van der Waals surface area contributed by atoms with E-state index in [0.29, 0.717) is 36.4 Å². The molecule has 0 aliphatic heterocycles. The SMILES string of the molecule is C/C(CCC(=O)NCCSCCO)=N\NC(=O)c1ccncc1. The van der Waals surface area contributed by atoms with Gasteiger partial charge in [0, 0.05) is 48.1 Å². The Bertz CT molecular complexity index is 523. The summed E-state index contributed by atoms with van der Waals surface area (Å²) >= 11 is 1.59. The maximum Gasteiger partial charge on any atom is 0.271 e. The Kier molecular flexibility index (Phi) is 9.65. The molecule has 0 aliphatic carbocycles. The molecule has 1 rings (SSSR count). The molecule has 7 nitrogen and oxygen atoms in total. The molecule has 23 heavy (non-hydrogen) atoms. The summed E-state index contributed by atoms with van der Waals surface area (Å²) in [5.41, 5.74) is 3.61. The van der Waals surface area contributed by atoms with Gasteiger partial charge in [-0.1, -0.05) is 0 Å². The van der Waals surface area contributed by atoms with E-state index in [-0.39, 0.29) is 18.4 Å². The van der Waals surface area contributed by atoms with Crippen molar-refractivity contribution >= 4 is 29.3 Å². The van der Waals surface area contributed by atoms with E-state index < -0.39 is 0 Å². The third-order valence-corrected chi connectivity index (χ3v) is 3.77. The lowest BCUT2D eigenvalue weighted by atomic mass is 10.2. The Morgan fingerprint density at radius 3 is 2.70 bits per heavy atom. The number of pyridine rings is 1. The van der Waals surface area contributed by atoms with Crippen LogP contribution in [0.25, 0.3) is 0 Å². The van der Waals surface area contributed by atoms with Gasteiger partial charge in [-0.2, -0.15) is 16.9 Å². The minimum absolute atomic E-state index is 0.0513. The number of aliphatic hydroxyl groups excluding tert-OH is 1. The van der Waals surface area contributed by atoms with E-state index in [1.54, 1.807) is 30.8 Å². The summed E-state index contributed by atoms with van der Waals surface area (Å²) in [4.78, 5) is 27.2. The fourth-order valence-electron chi connectivity index (χ4n) is 1.58. The number of carbonyl (C=O) groups is 2. The number of hydrogen-bond donors (Lipinski definition) is 3. The second kappa shape index (κ2) is 11.6. The first-order valence-electron chi connectivity index (χ1n) is 7.32. The molecule has 0 fully saturated rings. The van der Waals surface area contributed by atoms with Gasteiger partial charge >= 0.3 is 0 Å². The highest BCUT2D eigenvalue weighted by atomic mass is 32.2. The first-order valence-corrected chi connectivity index (χ1v) is 8.47. The molecule has 8 heteroatoms. The van der Waals surface area contributed by atoms with Crippen LogP contribution in [0, 0.1) is 0 Å². The van der Waals surface area contributed by atoms with E-state index in [4.69, 9.17) is 5.11 Å². The van der Waals surface area contributed by atoms with Crippen molar-refractivity contribution < 1.29 is 14.7 Å². The first kappa shape index (κ1) is 19.1. The second-order valence-electron chi connectivity index (χ2n) is 4.71. The van der Waals surface area contributed by atoms with E-state index in [9.17, 15) is 9.59 Å². The maximum atomic E-state index is 11.8. The quantitative estimate of drug-likeness (QED) is 0.333. The molecule has 1 aromatic rings. The third-order valence-electron chi connectivity index (χ3n) is 2.81. The zero-order valence-corrected chi connectivity index (χ0v) is 13.9. The number of amides is 2. The normalized spacial score (nSPS) is 11.1. The van der Waals surface area contributed by atoms with Gasteiger partial charge in [-0.3, -0.25) is 14.6 Å². The average molecular weight is 338 g/mol. The van der Waals surface area contributed by atoms with Crippen molar-refractivity contribution in [2.45, 2.75) is 19.8 Å². The lowest BCUT2D eigenvalue weighted by molar-refractivity contribution is -0.120. The van der Waals surface area contributed by atoms with E-state index in [1.165, 1.54) is 12.4 Å². The van der Waals surface area contributed by atoms with Crippen LogP contribution in [0.3, 0.4) is 0 Å². The highest BCUT2D eigenvalue weighted by molar-refractivity contribution is 7.99. The Morgan fingerprint density at radius 2 is 2.00 bits per heavy atom. The second-order valence-corrected chi connectivity index (χ2v) is 5.93. The van der Waals surface area contributed by atoms with Crippen LogP contribution in [0.5, 0.6) is 0 Å². The van der Waals surface area contributed by atoms with Gasteiger partial charge in [-0.25, -0.2) is 5.43 Å². The molecule has 126 valence electrons. The van der Waals surface area contributed by atoms with Crippen LogP contribution in [-0.4, -0.2) is 52.3 Å². The fourth-order valence-corrected chi connectivity index (χ4v) is 2.16. The summed E-state index contributed by atoms with van der Waals surface area (Å²) < 4.78 is 0. The molecule has 1 heterocycles. The number of hydrogen-bond acceptors (Lipinski definition) is 6. The standard InChI is InChI=1S/C15H22N4O3S/c1-12(2-3-14(21)17-8-10-23-11-9-20)18-19-15(22)13-4-6-16-7-5-13/h4-7,20H,2-3,8-11H2,1H3,(H,17,21)(H,19,22)/b18-12+. The van der Waals surface area contributed by atoms with Gasteiger partial charge in [0.15, 0.2) is 0 Å². The molecule has 0 atom stereocenters. The summed E-state index contributed by atoms with van der Waals surface area (Å²) in [6.45, 7) is 2.50. The molecule has 3 N–H and O–H groups in total. The Hall–Kier alpha value is -1.93. The van der Waals surface area contributed by atoms with Crippen molar-refractivity contribution in [3.8, 4) is 0 Å². The van der Waals surface area contributed by atoms with Gasteiger partial charge in [0.05, 0.1) is 6.61 Å². The van der Waals surface area contributed by atoms with Crippen molar-refractivity contribution in [3.63, 3.8) is 0 Å². The highest BCUT2D eigenvalue weighted by Crippen LogP contribution is 1.98. The first-order chi connectivity index (χ1) is 11.1. The van der Waals surface area contributed by atoms with E-state index in [1.807, 2.05) is 0 Å². The van der Waals surface area contributed by atoms with E-state index in [0.717, 1.165) is 5.75 Å². The van der Waals surface area contributed by atoms with Crippen LogP contribution in [0.2, 0.25) is 0 Å². The van der Waals surface area contributed by atoms with E-state index in [2.05, 4.69) is 20.8 Å². The van der Waals surface area contributed by atoms with Gasteiger partial charge in [-0.15, -0.1) is 0 Å². The predicted octanol–water partition coefficient (Wildman–Crippen LogP) is 0.809. The zero-order valence-electron chi connectivity index (χ0n) is 13.1. The summed E-state index contributed by atoms with van der Waals surface area (Å²) in [6.07, 6.45) is 3.88. The molecule has 0 saturated heterocycles. The number of thioether (sulfide) groups is 1. The van der Waals surface area contributed by atoms with Gasteiger partial charge in [0.1, 0.15) is 0 Å². The van der Waals surface area contributed by atoms with Gasteiger partial charge in [-0.05, 0) is 25.5 Å². The monoisotopic (exact) mass is 338 g/mol. The molecule has 0 spiro atoms. The molecular formula is C15H22N4O3S. The lowest BCUT2D eigenvalue weighted by Crippen LogP contribution is -2.26. The largest absolute Gasteiger partial charge is 0.396 e. The Balaban J connectivity index is 2.21. The van der Waals surface area contributed by atoms with Crippen molar-refractivity contribution in [1.29, 1.82) is 0 Å². The van der Waals surface area contributed by atoms with Crippen molar-refractivity contribution in [2.24, 2.45) is 5.10 Å². The summed E-state index contributed by atoms with van der Waals surface area (Å²) in [5.74, 6) is 1.10. The molecule has 0 bridgehead atoms. The van der Waals surface area contributed by atoms with Crippen LogP contribution in [0.4, 0.5) is 0 Å². The molecule has 0 aromatic carbocycles. The zero-order chi connectivity index (χ0) is 16.9. The molecule has 2 amide bonds. The molecule has 1 aromatic heterocycles. The smallest absolute Gasteiger partial charge is 0.271 e. The number of nitrogens with one attached hydrogen (secondary N) is 2. The topological polar surface area (TPSA) is 104 Å². The average Bonchev–Trinajstić information content (AvgIpc) is 2.58. The van der Waals surface area contributed by atoms with Crippen LogP contribution in [-0.2, 0) is 4.79 Å². The number of hydrazone groups is 1. The van der Waals surface area contributed by atoms with Crippen molar-refractivity contribution in [2.75, 3.05) is 24.7 Å². The Labute approximate surface area is 140 Å². The van der Waals surface area contributed by atoms with Gasteiger partial charge in [0.25, 0.3) is 5.91 Å². The molecular weight excluding hydrogens is 316 g/mol. The summed E-state index contributed by atoms with van der Waals surface area (Å²) in [6, 6.07) is 3.20. The molecule has 0 unspecified atom stereocenters. The van der Waals surface area contributed by atoms with E-state index >= 15 is 0 Å². The summed E-state index contributed by atoms with van der Waals surface area (Å²) in [7, 11) is 0. The highest BCUT2D eigenvalue weighted by Gasteiger charge is 2.05. The number of aliphatic hydroxyl groups is 1. The maximum absolute atomic E-state index is 11.8. The number of aromatic nitrogens is 1. The fraction of sp³-hybridized carbons (Fsp3) is 0.467. The minimum atomic E-state index is -0.308. The minimum Gasteiger partial charge on any atom is -0.396 e. The Morgan fingerprint density at radius 1 is 1.26 bits per heavy atom. The van der Waals surface area contributed by atoms with Gasteiger partial charge < -0.3 is 10.4 Å². The number of rotatable bonds is 10. The number of carbonyl (C=O) groups excluding carboxylic acids is 2. The third kappa shape index (κ3) is 8.94. The molecule has 0 saturated carbocycles.